The molecule has 1 aliphatic heterocycles. The van der Waals surface area contributed by atoms with E-state index in [1.54, 1.807) is 0 Å². The molecule has 0 radical (unpaired) electrons. The van der Waals surface area contributed by atoms with Crippen LogP contribution in [0.3, 0.4) is 0 Å². The summed E-state index contributed by atoms with van der Waals surface area (Å²) >= 11 is 0. The van der Waals surface area contributed by atoms with Crippen molar-refractivity contribution in [3.63, 3.8) is 0 Å². The molecule has 0 aromatic heterocycles. The van der Waals surface area contributed by atoms with Crippen LogP contribution in [0.1, 0.15) is 46.5 Å². The number of likely N-dealkylation sites (tertiary alicyclic amines) is 1. The number of hydrogen-bond acceptors (Lipinski definition) is 3. The summed E-state index contributed by atoms with van der Waals surface area (Å²) < 4.78 is 0. The lowest BCUT2D eigenvalue weighted by Crippen LogP contribution is -2.40. The zero-order chi connectivity index (χ0) is 12.7. The molecular formula is C14H31N3. The molecule has 1 saturated heterocycles. The maximum absolute atomic E-state index is 6.17. The highest BCUT2D eigenvalue weighted by atomic mass is 15.3. The Morgan fingerprint density at radius 3 is 2.59 bits per heavy atom. The van der Waals surface area contributed by atoms with Crippen LogP contribution in [0.2, 0.25) is 0 Å². The van der Waals surface area contributed by atoms with Crippen LogP contribution in [0.5, 0.6) is 0 Å². The second-order valence-corrected chi connectivity index (χ2v) is 5.33. The summed E-state index contributed by atoms with van der Waals surface area (Å²) in [5, 5.41) is 0. The van der Waals surface area contributed by atoms with Crippen molar-refractivity contribution in [1.82, 2.24) is 9.80 Å². The molecule has 0 amide bonds. The molecule has 1 heterocycles. The van der Waals surface area contributed by atoms with E-state index in [0.717, 1.165) is 12.6 Å². The first kappa shape index (κ1) is 14.9. The SMILES string of the molecule is CCCCC(N)CN1CCC(N(CC)CC)C1. The van der Waals surface area contributed by atoms with Gasteiger partial charge >= 0.3 is 0 Å². The second-order valence-electron chi connectivity index (χ2n) is 5.33. The molecule has 2 unspecified atom stereocenters. The molecule has 2 N–H and O–H groups in total. The van der Waals surface area contributed by atoms with E-state index in [1.165, 1.54) is 51.9 Å². The van der Waals surface area contributed by atoms with Gasteiger partial charge in [0.2, 0.25) is 0 Å². The third-order valence-corrected chi connectivity index (χ3v) is 4.00. The van der Waals surface area contributed by atoms with Gasteiger partial charge in [0.15, 0.2) is 0 Å². The minimum Gasteiger partial charge on any atom is -0.327 e. The van der Waals surface area contributed by atoms with E-state index in [9.17, 15) is 0 Å². The molecule has 0 aromatic carbocycles. The topological polar surface area (TPSA) is 32.5 Å². The van der Waals surface area contributed by atoms with Gasteiger partial charge in [0, 0.05) is 25.2 Å². The largest absolute Gasteiger partial charge is 0.327 e. The van der Waals surface area contributed by atoms with E-state index in [-0.39, 0.29) is 0 Å². The molecule has 1 fully saturated rings. The van der Waals surface area contributed by atoms with Gasteiger partial charge in [0.1, 0.15) is 0 Å². The number of unbranched alkanes of at least 4 members (excludes halogenated alkanes) is 1. The molecule has 3 nitrogen and oxygen atoms in total. The maximum Gasteiger partial charge on any atom is 0.0235 e. The summed E-state index contributed by atoms with van der Waals surface area (Å²) in [6, 6.07) is 1.15. The minimum atomic E-state index is 0.380. The molecule has 2 atom stereocenters. The lowest BCUT2D eigenvalue weighted by molar-refractivity contribution is 0.207. The Hall–Kier alpha value is -0.120. The summed E-state index contributed by atoms with van der Waals surface area (Å²) in [7, 11) is 0. The first-order chi connectivity index (χ1) is 8.21. The van der Waals surface area contributed by atoms with Gasteiger partial charge in [0.05, 0.1) is 0 Å². The van der Waals surface area contributed by atoms with E-state index in [4.69, 9.17) is 5.73 Å². The van der Waals surface area contributed by atoms with Crippen molar-refractivity contribution in [2.45, 2.75) is 58.5 Å². The van der Waals surface area contributed by atoms with Gasteiger partial charge in [-0.15, -0.1) is 0 Å². The van der Waals surface area contributed by atoms with Crippen LogP contribution < -0.4 is 5.73 Å². The van der Waals surface area contributed by atoms with Crippen LogP contribution in [-0.4, -0.2) is 54.6 Å². The number of likely N-dealkylation sites (N-methyl/N-ethyl adjacent to an activating group) is 1. The lowest BCUT2D eigenvalue weighted by Gasteiger charge is -2.27. The van der Waals surface area contributed by atoms with Gasteiger partial charge in [-0.2, -0.15) is 0 Å². The minimum absolute atomic E-state index is 0.380. The van der Waals surface area contributed by atoms with Crippen molar-refractivity contribution >= 4 is 0 Å². The highest BCUT2D eigenvalue weighted by molar-refractivity contribution is 4.84. The third-order valence-electron chi connectivity index (χ3n) is 4.00. The Morgan fingerprint density at radius 1 is 1.29 bits per heavy atom. The number of nitrogens with zero attached hydrogens (tertiary/aromatic N) is 2. The van der Waals surface area contributed by atoms with Gasteiger partial charge < -0.3 is 10.6 Å². The van der Waals surface area contributed by atoms with Gasteiger partial charge in [-0.3, -0.25) is 4.90 Å². The molecule has 0 spiro atoms. The van der Waals surface area contributed by atoms with Crippen molar-refractivity contribution in [1.29, 1.82) is 0 Å². The Morgan fingerprint density at radius 2 is 2.00 bits per heavy atom. The van der Waals surface area contributed by atoms with Crippen molar-refractivity contribution in [2.24, 2.45) is 5.73 Å². The Balaban J connectivity index is 2.25. The number of nitrogens with two attached hydrogens (primary N) is 1. The molecule has 0 aliphatic carbocycles. The normalized spacial score (nSPS) is 23.5. The average molecular weight is 241 g/mol. The third kappa shape index (κ3) is 4.94. The van der Waals surface area contributed by atoms with Crippen molar-refractivity contribution < 1.29 is 0 Å². The van der Waals surface area contributed by atoms with Gasteiger partial charge in [-0.05, 0) is 32.5 Å². The van der Waals surface area contributed by atoms with E-state index < -0.39 is 0 Å². The summed E-state index contributed by atoms with van der Waals surface area (Å²) in [5.74, 6) is 0. The van der Waals surface area contributed by atoms with Gasteiger partial charge in [-0.25, -0.2) is 0 Å². The first-order valence-electron chi connectivity index (χ1n) is 7.43. The molecular weight excluding hydrogens is 210 g/mol. The quantitative estimate of drug-likeness (QED) is 0.705. The van der Waals surface area contributed by atoms with Crippen LogP contribution in [0.4, 0.5) is 0 Å². The fourth-order valence-corrected chi connectivity index (χ4v) is 2.91. The molecule has 0 bridgehead atoms. The van der Waals surface area contributed by atoms with E-state index in [0.29, 0.717) is 6.04 Å². The second kappa shape index (κ2) is 8.06. The van der Waals surface area contributed by atoms with Crippen LogP contribution in [0.15, 0.2) is 0 Å². The van der Waals surface area contributed by atoms with Crippen molar-refractivity contribution in [2.75, 3.05) is 32.7 Å². The Kier molecular flexibility index (Phi) is 7.09. The van der Waals surface area contributed by atoms with Crippen LogP contribution in [-0.2, 0) is 0 Å². The van der Waals surface area contributed by atoms with E-state index >= 15 is 0 Å². The van der Waals surface area contributed by atoms with E-state index in [1.807, 2.05) is 0 Å². The van der Waals surface area contributed by atoms with Crippen LogP contribution in [0, 0.1) is 0 Å². The van der Waals surface area contributed by atoms with Crippen molar-refractivity contribution in [3.8, 4) is 0 Å². The van der Waals surface area contributed by atoms with Gasteiger partial charge in [-0.1, -0.05) is 33.6 Å². The van der Waals surface area contributed by atoms with Crippen LogP contribution in [0.25, 0.3) is 0 Å². The number of rotatable bonds is 8. The molecule has 1 rings (SSSR count). The highest BCUT2D eigenvalue weighted by Gasteiger charge is 2.26. The molecule has 0 saturated carbocycles. The summed E-state index contributed by atoms with van der Waals surface area (Å²) in [6.45, 7) is 12.7. The molecule has 17 heavy (non-hydrogen) atoms. The smallest absolute Gasteiger partial charge is 0.0235 e. The predicted octanol–water partition coefficient (Wildman–Crippen LogP) is 1.92. The van der Waals surface area contributed by atoms with Crippen molar-refractivity contribution in [3.05, 3.63) is 0 Å². The first-order valence-corrected chi connectivity index (χ1v) is 7.43. The van der Waals surface area contributed by atoms with Crippen LogP contribution >= 0.6 is 0 Å². The molecule has 102 valence electrons. The lowest BCUT2D eigenvalue weighted by atomic mass is 10.1. The fraction of sp³-hybridized carbons (Fsp3) is 1.00. The summed E-state index contributed by atoms with van der Waals surface area (Å²) in [5.41, 5.74) is 6.17. The predicted molar refractivity (Wildman–Crippen MR) is 75.3 cm³/mol. The average Bonchev–Trinajstić information content (AvgIpc) is 2.76. The summed E-state index contributed by atoms with van der Waals surface area (Å²) in [4.78, 5) is 5.14. The Labute approximate surface area is 107 Å². The summed E-state index contributed by atoms with van der Waals surface area (Å²) in [6.07, 6.45) is 5.04. The molecule has 3 heteroatoms. The zero-order valence-electron chi connectivity index (χ0n) is 12.0. The zero-order valence-corrected chi connectivity index (χ0v) is 12.0. The Bertz CT molecular complexity index is 192. The fourth-order valence-electron chi connectivity index (χ4n) is 2.91. The van der Waals surface area contributed by atoms with Gasteiger partial charge in [0.25, 0.3) is 0 Å². The monoisotopic (exact) mass is 241 g/mol. The standard InChI is InChI=1S/C14H31N3/c1-4-7-8-13(15)11-16-10-9-14(12-16)17(5-2)6-3/h13-14H,4-12,15H2,1-3H3. The number of hydrogen-bond donors (Lipinski definition) is 1. The highest BCUT2D eigenvalue weighted by Crippen LogP contribution is 2.16. The van der Waals surface area contributed by atoms with E-state index in [2.05, 4.69) is 30.6 Å². The molecule has 0 aromatic rings. The maximum atomic E-state index is 6.17. The molecule has 1 aliphatic rings.